The van der Waals surface area contributed by atoms with Crippen molar-refractivity contribution in [2.75, 3.05) is 6.54 Å². The van der Waals surface area contributed by atoms with E-state index >= 15 is 0 Å². The van der Waals surface area contributed by atoms with E-state index in [1.54, 1.807) is 6.07 Å². The van der Waals surface area contributed by atoms with Crippen LogP contribution in [-0.4, -0.2) is 25.4 Å². The van der Waals surface area contributed by atoms with Crippen molar-refractivity contribution in [1.82, 2.24) is 4.72 Å². The van der Waals surface area contributed by atoms with Crippen molar-refractivity contribution in [2.24, 2.45) is 5.73 Å². The fourth-order valence-corrected chi connectivity index (χ4v) is 3.08. The number of sulfonamides is 1. The Morgan fingerprint density at radius 2 is 1.86 bits per heavy atom. The van der Waals surface area contributed by atoms with Gasteiger partial charge >= 0.3 is 0 Å². The molecule has 0 radical (unpaired) electrons. The predicted molar refractivity (Wildman–Crippen MR) is 81.2 cm³/mol. The van der Waals surface area contributed by atoms with Gasteiger partial charge < -0.3 is 5.73 Å². The van der Waals surface area contributed by atoms with E-state index in [0.717, 1.165) is 0 Å². The molecule has 1 rings (SSSR count). The number of benzene rings is 1. The Labute approximate surface area is 124 Å². The van der Waals surface area contributed by atoms with Gasteiger partial charge in [0.05, 0.1) is 10.7 Å². The highest BCUT2D eigenvalue weighted by molar-refractivity contribution is 7.88. The summed E-state index contributed by atoms with van der Waals surface area (Å²) in [5.41, 5.74) is 5.40. The molecule has 3 N–H and O–H groups in total. The summed E-state index contributed by atoms with van der Waals surface area (Å²) in [4.78, 5) is 10.3. The largest absolute Gasteiger partial charge is 0.324 e. The molecule has 0 aliphatic heterocycles. The molecule has 0 aliphatic carbocycles. The van der Waals surface area contributed by atoms with Gasteiger partial charge in [-0.25, -0.2) is 13.1 Å². The summed E-state index contributed by atoms with van der Waals surface area (Å²) in [5.74, 6) is -0.437. The van der Waals surface area contributed by atoms with Crippen molar-refractivity contribution in [1.29, 1.82) is 0 Å². The van der Waals surface area contributed by atoms with Gasteiger partial charge in [0.15, 0.2) is 0 Å². The van der Waals surface area contributed by atoms with E-state index < -0.39 is 26.2 Å². The number of rotatable bonds is 8. The molecule has 0 unspecified atom stereocenters. The minimum Gasteiger partial charge on any atom is -0.324 e. The summed E-state index contributed by atoms with van der Waals surface area (Å²) in [7, 11) is -3.68. The van der Waals surface area contributed by atoms with Crippen LogP contribution in [-0.2, 0) is 15.8 Å². The van der Waals surface area contributed by atoms with Crippen LogP contribution < -0.4 is 10.5 Å². The molecule has 21 heavy (non-hydrogen) atoms. The van der Waals surface area contributed by atoms with Gasteiger partial charge in [-0.1, -0.05) is 32.0 Å². The van der Waals surface area contributed by atoms with Gasteiger partial charge in [-0.2, -0.15) is 0 Å². The van der Waals surface area contributed by atoms with Crippen LogP contribution in [0.25, 0.3) is 0 Å². The molecular weight excluding hydrogens is 294 g/mol. The summed E-state index contributed by atoms with van der Waals surface area (Å²) in [5, 5.41) is 10.9. The van der Waals surface area contributed by atoms with E-state index in [2.05, 4.69) is 4.72 Å². The Bertz CT molecular complexity index is 597. The van der Waals surface area contributed by atoms with E-state index in [-0.39, 0.29) is 17.8 Å². The third-order valence-corrected chi connectivity index (χ3v) is 4.86. The zero-order valence-electron chi connectivity index (χ0n) is 12.2. The summed E-state index contributed by atoms with van der Waals surface area (Å²) >= 11 is 0. The van der Waals surface area contributed by atoms with Crippen molar-refractivity contribution in [3.05, 3.63) is 39.9 Å². The molecule has 0 fully saturated rings. The zero-order chi connectivity index (χ0) is 16.1. The van der Waals surface area contributed by atoms with Gasteiger partial charge in [0, 0.05) is 23.7 Å². The second kappa shape index (κ2) is 6.97. The summed E-state index contributed by atoms with van der Waals surface area (Å²) in [6.07, 6.45) is 1.27. The second-order valence-electron chi connectivity index (χ2n) is 5.04. The number of hydrogen-bond donors (Lipinski definition) is 2. The Balaban J connectivity index is 2.85. The summed E-state index contributed by atoms with van der Waals surface area (Å²) in [6, 6.07) is 5.80. The molecule has 0 saturated heterocycles. The van der Waals surface area contributed by atoms with Crippen LogP contribution in [0.15, 0.2) is 24.3 Å². The molecule has 0 heterocycles. The number of hydrogen-bond acceptors (Lipinski definition) is 5. The highest BCUT2D eigenvalue weighted by Crippen LogP contribution is 2.20. The molecule has 0 aromatic heterocycles. The topological polar surface area (TPSA) is 115 Å². The minimum absolute atomic E-state index is 0.114. The first kappa shape index (κ1) is 17.5. The Morgan fingerprint density at radius 1 is 1.29 bits per heavy atom. The van der Waals surface area contributed by atoms with E-state index in [9.17, 15) is 18.5 Å². The monoisotopic (exact) mass is 315 g/mol. The number of nitrogens with two attached hydrogens (primary N) is 1. The molecule has 118 valence electrons. The smallest absolute Gasteiger partial charge is 0.273 e. The van der Waals surface area contributed by atoms with E-state index in [0.29, 0.717) is 12.8 Å². The normalized spacial score (nSPS) is 12.3. The minimum atomic E-state index is -3.68. The van der Waals surface area contributed by atoms with Crippen molar-refractivity contribution < 1.29 is 13.3 Å². The molecule has 0 amide bonds. The molecular formula is C13H21N3O4S. The summed E-state index contributed by atoms with van der Waals surface area (Å²) < 4.78 is 26.6. The molecule has 0 aliphatic rings. The Hall–Kier alpha value is -1.51. The fraction of sp³-hybridized carbons (Fsp3) is 0.538. The Kier molecular flexibility index (Phi) is 5.82. The molecule has 0 atom stereocenters. The van der Waals surface area contributed by atoms with Crippen LogP contribution in [0, 0.1) is 10.1 Å². The third kappa shape index (κ3) is 5.07. The first-order chi connectivity index (χ1) is 9.73. The fourth-order valence-electron chi connectivity index (χ4n) is 1.82. The van der Waals surface area contributed by atoms with Crippen LogP contribution >= 0.6 is 0 Å². The third-order valence-electron chi connectivity index (χ3n) is 3.59. The highest BCUT2D eigenvalue weighted by atomic mass is 32.2. The van der Waals surface area contributed by atoms with Crippen molar-refractivity contribution in [3.8, 4) is 0 Å². The number of nitrogens with one attached hydrogen (secondary N) is 1. The lowest BCUT2D eigenvalue weighted by atomic mass is 9.95. The van der Waals surface area contributed by atoms with Crippen LogP contribution in [0.2, 0.25) is 0 Å². The van der Waals surface area contributed by atoms with Gasteiger partial charge in [0.25, 0.3) is 5.69 Å². The number of nitrogens with zero attached hydrogens (tertiary/aromatic N) is 1. The van der Waals surface area contributed by atoms with Crippen LogP contribution in [0.3, 0.4) is 0 Å². The quantitative estimate of drug-likeness (QED) is 0.557. The average Bonchev–Trinajstić information content (AvgIpc) is 2.45. The highest BCUT2D eigenvalue weighted by Gasteiger charge is 2.25. The van der Waals surface area contributed by atoms with E-state index in [4.69, 9.17) is 5.73 Å². The van der Waals surface area contributed by atoms with Gasteiger partial charge in [0.1, 0.15) is 0 Å². The van der Waals surface area contributed by atoms with Crippen LogP contribution in [0.5, 0.6) is 0 Å². The molecule has 1 aromatic rings. The lowest BCUT2D eigenvalue weighted by Gasteiger charge is -2.26. The SMILES string of the molecule is CCC(N)(CC)CNS(=O)(=O)Cc1ccccc1[N+](=O)[O-]. The molecule has 0 bridgehead atoms. The van der Waals surface area contributed by atoms with Gasteiger partial charge in [-0.05, 0) is 12.8 Å². The Morgan fingerprint density at radius 3 is 2.38 bits per heavy atom. The zero-order valence-corrected chi connectivity index (χ0v) is 13.0. The molecule has 8 heteroatoms. The lowest BCUT2D eigenvalue weighted by Crippen LogP contribution is -2.49. The summed E-state index contributed by atoms with van der Waals surface area (Å²) in [6.45, 7) is 3.89. The standard InChI is InChI=1S/C13H21N3O4S/c1-3-13(14,4-2)10-15-21(19,20)9-11-7-5-6-8-12(11)16(17)18/h5-8,15H,3-4,9-10,14H2,1-2H3. The van der Waals surface area contributed by atoms with Crippen LogP contribution in [0.4, 0.5) is 5.69 Å². The second-order valence-corrected chi connectivity index (χ2v) is 6.84. The average molecular weight is 315 g/mol. The van der Waals surface area contributed by atoms with Gasteiger partial charge in [0.2, 0.25) is 10.0 Å². The van der Waals surface area contributed by atoms with Gasteiger partial charge in [-0.3, -0.25) is 10.1 Å². The number of nitro groups is 1. The maximum Gasteiger partial charge on any atom is 0.273 e. The molecule has 1 aromatic carbocycles. The maximum atomic E-state index is 12.1. The van der Waals surface area contributed by atoms with Crippen molar-refractivity contribution >= 4 is 15.7 Å². The number of nitro benzene ring substituents is 1. The lowest BCUT2D eigenvalue weighted by molar-refractivity contribution is -0.385. The molecule has 0 saturated carbocycles. The van der Waals surface area contributed by atoms with Gasteiger partial charge in [-0.15, -0.1) is 0 Å². The number of para-hydroxylation sites is 1. The van der Waals surface area contributed by atoms with E-state index in [1.165, 1.54) is 18.2 Å². The van der Waals surface area contributed by atoms with Crippen molar-refractivity contribution in [3.63, 3.8) is 0 Å². The first-order valence-electron chi connectivity index (χ1n) is 6.71. The van der Waals surface area contributed by atoms with E-state index in [1.807, 2.05) is 13.8 Å². The molecule has 7 nitrogen and oxygen atoms in total. The molecule has 0 spiro atoms. The van der Waals surface area contributed by atoms with Crippen molar-refractivity contribution in [2.45, 2.75) is 38.0 Å². The van der Waals surface area contributed by atoms with Crippen LogP contribution in [0.1, 0.15) is 32.3 Å². The first-order valence-corrected chi connectivity index (χ1v) is 8.37. The maximum absolute atomic E-state index is 12.1. The predicted octanol–water partition coefficient (Wildman–Crippen LogP) is 1.53.